The number of nitrogens with one attached hydrogen (secondary N) is 4. The predicted molar refractivity (Wildman–Crippen MR) is 102 cm³/mol. The van der Waals surface area contributed by atoms with Crippen molar-refractivity contribution in [3.63, 3.8) is 0 Å². The fraction of sp³-hybridized carbons (Fsp3) is 0. The van der Waals surface area contributed by atoms with Gasteiger partial charge in [-0.3, -0.25) is 0 Å². The zero-order valence-corrected chi connectivity index (χ0v) is 15.3. The lowest BCUT2D eigenvalue weighted by Gasteiger charge is -2.08. The van der Waals surface area contributed by atoms with E-state index in [1.54, 1.807) is 0 Å². The minimum absolute atomic E-state index is 0.292. The van der Waals surface area contributed by atoms with Crippen molar-refractivity contribution in [2.75, 3.05) is 0 Å². The van der Waals surface area contributed by atoms with Crippen LogP contribution in [0.25, 0.3) is 44.8 Å². The second-order valence-corrected chi connectivity index (χ2v) is 7.92. The van der Waals surface area contributed by atoms with Crippen molar-refractivity contribution >= 4 is 32.2 Å². The lowest BCUT2D eigenvalue weighted by Crippen LogP contribution is -2.07. The minimum Gasteiger partial charge on any atom is -0.744 e. The smallest absolute Gasteiger partial charge is 0.285 e. The first kappa shape index (κ1) is 16.7. The first-order chi connectivity index (χ1) is 13.5. The fourth-order valence-electron chi connectivity index (χ4n) is 3.32. The number of benzene rings is 3. The van der Waals surface area contributed by atoms with Crippen LogP contribution in [0.15, 0.2) is 71.6 Å². The molecule has 4 N–H and O–H groups in total. The molecule has 0 atom stereocenters. The number of rotatable bonds is 3. The Hall–Kier alpha value is -3.49. The molecule has 2 heterocycles. The van der Waals surface area contributed by atoms with Crippen LogP contribution in [0.3, 0.4) is 0 Å². The zero-order valence-electron chi connectivity index (χ0n) is 14.5. The van der Waals surface area contributed by atoms with Crippen LogP contribution < -0.4 is 9.97 Å². The molecule has 0 aliphatic rings. The van der Waals surface area contributed by atoms with E-state index in [0.29, 0.717) is 22.8 Å². The number of para-hydroxylation sites is 4. The molecule has 0 bridgehead atoms. The molecule has 2 aromatic heterocycles. The maximum Gasteiger partial charge on any atom is 0.285 e. The second kappa shape index (κ2) is 6.01. The van der Waals surface area contributed by atoms with E-state index in [9.17, 15) is 13.0 Å². The molecular weight excluding hydrogens is 376 g/mol. The molecule has 28 heavy (non-hydrogen) atoms. The number of hydrogen-bond donors (Lipinski definition) is 2. The Bertz CT molecular complexity index is 1290. The van der Waals surface area contributed by atoms with Crippen LogP contribution >= 0.6 is 0 Å². The van der Waals surface area contributed by atoms with Crippen LogP contribution in [0.5, 0.6) is 0 Å². The molecule has 5 aromatic rings. The van der Waals surface area contributed by atoms with Gasteiger partial charge in [-0.05, 0) is 42.5 Å². The number of imidazole rings is 2. The van der Waals surface area contributed by atoms with Gasteiger partial charge in [0.25, 0.3) is 11.6 Å². The zero-order chi connectivity index (χ0) is 19.3. The Labute approximate surface area is 159 Å². The van der Waals surface area contributed by atoms with Gasteiger partial charge in [0.2, 0.25) is 0 Å². The largest absolute Gasteiger partial charge is 0.744 e. The van der Waals surface area contributed by atoms with Crippen LogP contribution in [0.1, 0.15) is 0 Å². The Morgan fingerprint density at radius 2 is 1.18 bits per heavy atom. The Balaban J connectivity index is 1.74. The lowest BCUT2D eigenvalue weighted by molar-refractivity contribution is -0.330. The van der Waals surface area contributed by atoms with Crippen LogP contribution in [-0.2, 0) is 10.1 Å². The highest BCUT2D eigenvalue weighted by Crippen LogP contribution is 2.27. The van der Waals surface area contributed by atoms with Crippen LogP contribution in [0.4, 0.5) is 0 Å². The fourth-order valence-corrected chi connectivity index (χ4v) is 3.87. The Morgan fingerprint density at radius 3 is 1.61 bits per heavy atom. The number of aromatic nitrogens is 4. The second-order valence-electron chi connectivity index (χ2n) is 6.54. The Morgan fingerprint density at radius 1 is 0.714 bits per heavy atom. The van der Waals surface area contributed by atoms with Gasteiger partial charge < -0.3 is 4.55 Å². The van der Waals surface area contributed by atoms with Gasteiger partial charge in [0.15, 0.2) is 22.1 Å². The first-order valence-electron chi connectivity index (χ1n) is 8.59. The van der Waals surface area contributed by atoms with Crippen LogP contribution in [-0.4, -0.2) is 22.9 Å². The summed E-state index contributed by atoms with van der Waals surface area (Å²) in [4.78, 5) is 12.6. The van der Waals surface area contributed by atoms with E-state index in [1.165, 1.54) is 12.1 Å². The van der Waals surface area contributed by atoms with Crippen molar-refractivity contribution in [3.8, 4) is 22.8 Å². The molecule has 0 aliphatic carbocycles. The number of H-pyrrole nitrogens is 4. The molecule has 7 nitrogen and oxygen atoms in total. The van der Waals surface area contributed by atoms with Gasteiger partial charge >= 0.3 is 0 Å². The molecule has 8 heteroatoms. The molecule has 5 rings (SSSR count). The van der Waals surface area contributed by atoms with Gasteiger partial charge in [-0.1, -0.05) is 24.3 Å². The third kappa shape index (κ3) is 2.84. The number of aromatic amines is 4. The van der Waals surface area contributed by atoms with Crippen molar-refractivity contribution in [2.24, 2.45) is 0 Å². The van der Waals surface area contributed by atoms with E-state index in [1.807, 2.05) is 54.6 Å². The normalized spacial score (nSPS) is 12.0. The van der Waals surface area contributed by atoms with Crippen molar-refractivity contribution in [3.05, 3.63) is 66.7 Å². The molecular formula is C20H15N4O3S+. The molecule has 0 aliphatic heterocycles. The summed E-state index contributed by atoms with van der Waals surface area (Å²) in [7, 11) is -4.63. The third-order valence-corrected chi connectivity index (χ3v) is 5.48. The molecule has 138 valence electrons. The maximum absolute atomic E-state index is 11.7. The highest BCUT2D eigenvalue weighted by atomic mass is 32.2. The summed E-state index contributed by atoms with van der Waals surface area (Å²) >= 11 is 0. The summed E-state index contributed by atoms with van der Waals surface area (Å²) in [5.74, 6) is 1.23. The quantitative estimate of drug-likeness (QED) is 0.460. The van der Waals surface area contributed by atoms with Crippen molar-refractivity contribution in [2.45, 2.75) is 4.90 Å². The van der Waals surface area contributed by atoms with E-state index >= 15 is 0 Å². The van der Waals surface area contributed by atoms with E-state index in [-0.39, 0.29) is 4.90 Å². The highest BCUT2D eigenvalue weighted by Gasteiger charge is 2.19. The summed E-state index contributed by atoms with van der Waals surface area (Å²) in [6.07, 6.45) is 0. The number of hydrogen-bond acceptors (Lipinski definition) is 3. The molecule has 0 saturated carbocycles. The van der Waals surface area contributed by atoms with Crippen LogP contribution in [0, 0.1) is 0 Å². The predicted octanol–water partition coefficient (Wildman–Crippen LogP) is 2.52. The average molecular weight is 391 g/mol. The molecule has 0 amide bonds. The molecule has 0 unspecified atom stereocenters. The van der Waals surface area contributed by atoms with E-state index in [0.717, 1.165) is 22.1 Å². The Kier molecular flexibility index (Phi) is 3.58. The van der Waals surface area contributed by atoms with Crippen LogP contribution in [0.2, 0.25) is 0 Å². The van der Waals surface area contributed by atoms with Crippen molar-refractivity contribution < 1.29 is 22.9 Å². The molecule has 3 aromatic carbocycles. The van der Waals surface area contributed by atoms with Gasteiger partial charge in [0.05, 0.1) is 16.0 Å². The summed E-state index contributed by atoms with van der Waals surface area (Å²) in [6, 6.07) is 19.8. The van der Waals surface area contributed by atoms with Crippen molar-refractivity contribution in [1.29, 1.82) is 0 Å². The summed E-state index contributed by atoms with van der Waals surface area (Å²) in [6.45, 7) is 0. The van der Waals surface area contributed by atoms with Gasteiger partial charge in [-0.2, -0.15) is 0 Å². The third-order valence-electron chi connectivity index (χ3n) is 4.67. The van der Waals surface area contributed by atoms with E-state index in [2.05, 4.69) is 19.9 Å². The summed E-state index contributed by atoms with van der Waals surface area (Å²) in [5.41, 5.74) is 4.65. The highest BCUT2D eigenvalue weighted by molar-refractivity contribution is 7.85. The molecule has 0 radical (unpaired) electrons. The topological polar surface area (TPSA) is 117 Å². The standard InChI is InChI=1S/C20H14N4O3S/c25-28(26,27)14-10-12(19-21-15-5-1-2-6-16(15)22-19)9-13(11-14)20-23-17-7-3-4-8-18(17)24-20/h1-11H,(H,21,22)(H,23,24)(H,25,26,27)/p+1. The van der Waals surface area contributed by atoms with E-state index in [4.69, 9.17) is 0 Å². The summed E-state index contributed by atoms with van der Waals surface area (Å²) < 4.78 is 35.2. The monoisotopic (exact) mass is 391 g/mol. The summed E-state index contributed by atoms with van der Waals surface area (Å²) in [5, 5.41) is 0. The van der Waals surface area contributed by atoms with Gasteiger partial charge in [-0.15, -0.1) is 0 Å². The molecule has 0 fully saturated rings. The SMILES string of the molecule is O=S(=O)([O-])c1cc(-c2[nH]c3ccccc3[nH+]2)cc(-c2[nH]c3ccccc3[nH+]2)c1. The van der Waals surface area contributed by atoms with Gasteiger partial charge in [0.1, 0.15) is 10.1 Å². The molecule has 0 saturated heterocycles. The number of fused-ring (bicyclic) bond motifs is 2. The average Bonchev–Trinajstić information content (AvgIpc) is 3.31. The van der Waals surface area contributed by atoms with Crippen molar-refractivity contribution in [1.82, 2.24) is 9.97 Å². The van der Waals surface area contributed by atoms with Gasteiger partial charge in [-0.25, -0.2) is 28.4 Å². The lowest BCUT2D eigenvalue weighted by atomic mass is 10.1. The first-order valence-corrected chi connectivity index (χ1v) is 10.00. The maximum atomic E-state index is 11.7. The van der Waals surface area contributed by atoms with E-state index < -0.39 is 10.1 Å². The minimum atomic E-state index is -4.63. The molecule has 0 spiro atoms. The van der Waals surface area contributed by atoms with Gasteiger partial charge in [0, 0.05) is 0 Å².